The molecule has 0 aromatic heterocycles. The highest BCUT2D eigenvalue weighted by Gasteiger charge is 2.30. The Labute approximate surface area is 152 Å². The number of hydrogen-bond donors (Lipinski definition) is 3. The Morgan fingerprint density at radius 1 is 1.38 bits per heavy atom. The summed E-state index contributed by atoms with van der Waals surface area (Å²) in [6, 6.07) is 0. The summed E-state index contributed by atoms with van der Waals surface area (Å²) >= 11 is 0. The predicted octanol–water partition coefficient (Wildman–Crippen LogP) is 1.57. The van der Waals surface area contributed by atoms with Crippen molar-refractivity contribution < 1.29 is 24.2 Å². The maximum atomic E-state index is 11.7. The second-order valence-electron chi connectivity index (χ2n) is 7.19. The smallest absolute Gasteiger partial charge is 0.338 e. The predicted molar refractivity (Wildman–Crippen MR) is 94.2 cm³/mol. The number of fused-ring (bicyclic) bond motifs is 1. The maximum absolute atomic E-state index is 11.7. The van der Waals surface area contributed by atoms with Gasteiger partial charge >= 0.3 is 11.9 Å². The van der Waals surface area contributed by atoms with E-state index >= 15 is 0 Å². The first-order chi connectivity index (χ1) is 12.1. The summed E-state index contributed by atoms with van der Waals surface area (Å²) in [5, 5.41) is 13.7. The van der Waals surface area contributed by atoms with Gasteiger partial charge in [-0.2, -0.15) is 0 Å². The van der Waals surface area contributed by atoms with E-state index in [4.69, 9.17) is 4.74 Å². The molecule has 0 radical (unpaired) electrons. The molecule has 142 valence electrons. The molecule has 1 amide bonds. The number of nitrogens with one attached hydrogen (secondary N) is 2. The van der Waals surface area contributed by atoms with E-state index in [0.717, 1.165) is 0 Å². The molecule has 0 atom stereocenters. The van der Waals surface area contributed by atoms with Crippen LogP contribution >= 0.6 is 0 Å². The molecule has 0 saturated heterocycles. The summed E-state index contributed by atoms with van der Waals surface area (Å²) in [6.07, 6.45) is 4.07. The summed E-state index contributed by atoms with van der Waals surface area (Å²) in [5.41, 5.74) is 4.39. The zero-order valence-electron chi connectivity index (χ0n) is 15.5. The number of ether oxygens (including phenoxy) is 1. The van der Waals surface area contributed by atoms with Crippen molar-refractivity contribution in [3.63, 3.8) is 0 Å². The van der Waals surface area contributed by atoms with Crippen LogP contribution in [0.3, 0.4) is 0 Å². The van der Waals surface area contributed by atoms with Gasteiger partial charge < -0.3 is 15.2 Å². The molecule has 0 saturated carbocycles. The van der Waals surface area contributed by atoms with Crippen LogP contribution in [0.15, 0.2) is 34.8 Å². The number of hydrazine groups is 1. The van der Waals surface area contributed by atoms with Gasteiger partial charge in [0.05, 0.1) is 12.0 Å². The number of hydrogen-bond acceptors (Lipinski definition) is 6. The van der Waals surface area contributed by atoms with Gasteiger partial charge in [0.2, 0.25) is 5.91 Å². The summed E-state index contributed by atoms with van der Waals surface area (Å²) in [7, 11) is 0. The normalized spacial score (nSPS) is 17.2. The van der Waals surface area contributed by atoms with Crippen molar-refractivity contribution in [2.24, 2.45) is 0 Å². The fraction of sp³-hybridized carbons (Fsp3) is 0.500. The third-order valence-corrected chi connectivity index (χ3v) is 3.83. The second kappa shape index (κ2) is 7.74. The van der Waals surface area contributed by atoms with Gasteiger partial charge in [-0.15, -0.1) is 0 Å². The standard InChI is InChI=1S/C18H25N3O5/c1-11-16(17(24)25)13-9-19-14(22)8-12(13)10-21(11)20-7-5-6-15(23)26-18(2,3)4/h9-10,20H,5-8H2,1-4H3,(H,19,22)(H,24,25). The van der Waals surface area contributed by atoms with E-state index in [-0.39, 0.29) is 30.3 Å². The van der Waals surface area contributed by atoms with Gasteiger partial charge in [-0.25, -0.2) is 10.2 Å². The number of allylic oxidation sites excluding steroid dienone is 1. The number of carboxylic acid groups (broad SMARTS) is 1. The Bertz CT molecular complexity index is 713. The second-order valence-corrected chi connectivity index (χ2v) is 7.19. The Morgan fingerprint density at radius 3 is 2.69 bits per heavy atom. The van der Waals surface area contributed by atoms with Crippen LogP contribution in [0.4, 0.5) is 0 Å². The van der Waals surface area contributed by atoms with Crippen molar-refractivity contribution in [3.8, 4) is 0 Å². The molecule has 0 bridgehead atoms. The number of rotatable bonds is 6. The van der Waals surface area contributed by atoms with Crippen LogP contribution in [0.5, 0.6) is 0 Å². The lowest BCUT2D eigenvalue weighted by atomic mass is 9.91. The highest BCUT2D eigenvalue weighted by molar-refractivity contribution is 5.97. The fourth-order valence-electron chi connectivity index (χ4n) is 2.74. The number of carboxylic acids is 1. The largest absolute Gasteiger partial charge is 0.478 e. The molecule has 0 aliphatic carbocycles. The number of aliphatic carboxylic acids is 1. The molecule has 26 heavy (non-hydrogen) atoms. The summed E-state index contributed by atoms with van der Waals surface area (Å²) in [5.74, 6) is -1.52. The fourth-order valence-corrected chi connectivity index (χ4v) is 2.74. The van der Waals surface area contributed by atoms with Crippen LogP contribution in [-0.2, 0) is 19.1 Å². The number of carbonyl (C=O) groups is 3. The molecule has 0 aromatic carbocycles. The molecular formula is C18H25N3O5. The Hall–Kier alpha value is -2.61. The molecule has 2 aliphatic rings. The molecule has 0 unspecified atom stereocenters. The first kappa shape index (κ1) is 19.7. The van der Waals surface area contributed by atoms with Crippen LogP contribution in [0, 0.1) is 0 Å². The Morgan fingerprint density at radius 2 is 2.08 bits per heavy atom. The monoisotopic (exact) mass is 363 g/mol. The molecular weight excluding hydrogens is 338 g/mol. The van der Waals surface area contributed by atoms with E-state index in [2.05, 4.69) is 10.7 Å². The third-order valence-electron chi connectivity index (χ3n) is 3.83. The number of esters is 1. The van der Waals surface area contributed by atoms with Gasteiger partial charge in [-0.05, 0) is 39.7 Å². The van der Waals surface area contributed by atoms with E-state index in [1.807, 2.05) is 20.8 Å². The van der Waals surface area contributed by atoms with Crippen LogP contribution in [0.25, 0.3) is 0 Å². The topological polar surface area (TPSA) is 108 Å². The first-order valence-corrected chi connectivity index (χ1v) is 8.48. The third kappa shape index (κ3) is 4.95. The molecule has 3 N–H and O–H groups in total. The first-order valence-electron chi connectivity index (χ1n) is 8.48. The Balaban J connectivity index is 2.00. The van der Waals surface area contributed by atoms with E-state index in [9.17, 15) is 19.5 Å². The van der Waals surface area contributed by atoms with Crippen LogP contribution < -0.4 is 10.7 Å². The highest BCUT2D eigenvalue weighted by Crippen LogP contribution is 2.32. The van der Waals surface area contributed by atoms with Crippen LogP contribution in [-0.4, -0.2) is 40.1 Å². The number of amides is 1. The molecule has 2 rings (SSSR count). The zero-order chi connectivity index (χ0) is 19.5. The summed E-state index contributed by atoms with van der Waals surface area (Å²) in [6.45, 7) is 7.59. The van der Waals surface area contributed by atoms with E-state index in [0.29, 0.717) is 29.8 Å². The Kier molecular flexibility index (Phi) is 5.86. The average Bonchev–Trinajstić information content (AvgIpc) is 2.50. The minimum atomic E-state index is -1.06. The van der Waals surface area contributed by atoms with Crippen molar-refractivity contribution in [1.82, 2.24) is 15.8 Å². The minimum Gasteiger partial charge on any atom is -0.478 e. The lowest BCUT2D eigenvalue weighted by molar-refractivity contribution is -0.154. The molecule has 2 heterocycles. The van der Waals surface area contributed by atoms with Crippen molar-refractivity contribution in [2.45, 2.75) is 52.6 Å². The highest BCUT2D eigenvalue weighted by atomic mass is 16.6. The van der Waals surface area contributed by atoms with Gasteiger partial charge in [0.15, 0.2) is 0 Å². The van der Waals surface area contributed by atoms with Crippen molar-refractivity contribution in [1.29, 1.82) is 0 Å². The molecule has 0 fully saturated rings. The maximum Gasteiger partial charge on any atom is 0.338 e. The van der Waals surface area contributed by atoms with E-state index in [1.165, 1.54) is 6.20 Å². The molecule has 0 aromatic rings. The SMILES string of the molecule is CC1=C(C(=O)O)C2=CNC(=O)CC2=CN1NCCCC(=O)OC(C)(C)C. The number of nitrogens with zero attached hydrogens (tertiary/aromatic N) is 1. The number of carbonyl (C=O) groups excluding carboxylic acids is 2. The molecule has 8 nitrogen and oxygen atoms in total. The van der Waals surface area contributed by atoms with Crippen molar-refractivity contribution >= 4 is 17.8 Å². The quantitative estimate of drug-likeness (QED) is 0.486. The lowest BCUT2D eigenvalue weighted by Crippen LogP contribution is -2.39. The zero-order valence-corrected chi connectivity index (χ0v) is 15.5. The van der Waals surface area contributed by atoms with Gasteiger partial charge in [-0.3, -0.25) is 14.6 Å². The lowest BCUT2D eigenvalue weighted by Gasteiger charge is -2.32. The average molecular weight is 363 g/mol. The van der Waals surface area contributed by atoms with Gasteiger partial charge in [0.25, 0.3) is 0 Å². The van der Waals surface area contributed by atoms with Gasteiger partial charge in [0.1, 0.15) is 5.60 Å². The van der Waals surface area contributed by atoms with Crippen molar-refractivity contribution in [2.75, 3.05) is 6.54 Å². The van der Waals surface area contributed by atoms with Crippen LogP contribution in [0.2, 0.25) is 0 Å². The minimum absolute atomic E-state index is 0.117. The summed E-state index contributed by atoms with van der Waals surface area (Å²) < 4.78 is 5.25. The molecule has 0 spiro atoms. The molecule has 8 heteroatoms. The summed E-state index contributed by atoms with van der Waals surface area (Å²) in [4.78, 5) is 35.0. The van der Waals surface area contributed by atoms with Gasteiger partial charge in [0, 0.05) is 36.6 Å². The van der Waals surface area contributed by atoms with Gasteiger partial charge in [-0.1, -0.05) is 0 Å². The van der Waals surface area contributed by atoms with E-state index < -0.39 is 11.6 Å². The van der Waals surface area contributed by atoms with Crippen molar-refractivity contribution in [3.05, 3.63) is 34.8 Å². The molecule has 2 aliphatic heterocycles. The van der Waals surface area contributed by atoms with Crippen LogP contribution in [0.1, 0.15) is 47.0 Å². The van der Waals surface area contributed by atoms with E-state index in [1.54, 1.807) is 18.1 Å².